The molecule has 0 unspecified atom stereocenters. The molecule has 1 N–H and O–H groups in total. The predicted octanol–water partition coefficient (Wildman–Crippen LogP) is 1.46. The average molecular weight is 239 g/mol. The summed E-state index contributed by atoms with van der Waals surface area (Å²) in [6.07, 6.45) is 2.24. The number of ether oxygens (including phenoxy) is 1. The third-order valence-electron chi connectivity index (χ3n) is 2.50. The van der Waals surface area contributed by atoms with E-state index in [-0.39, 0.29) is 5.75 Å². The fraction of sp³-hybridized carbons (Fsp3) is 0.500. The van der Waals surface area contributed by atoms with Crippen LogP contribution in [0.1, 0.15) is 27.2 Å². The van der Waals surface area contributed by atoms with Crippen molar-refractivity contribution in [1.29, 1.82) is 0 Å². The first kappa shape index (κ1) is 13.3. The molecule has 1 aromatic heterocycles. The Bertz CT molecular complexity index is 462. The molecule has 0 aliphatic carbocycles. The Hall–Kier alpha value is -1.78. The summed E-state index contributed by atoms with van der Waals surface area (Å²) in [5, 5.41) is 9.09. The smallest absolute Gasteiger partial charge is 0.329 e. The molecule has 0 spiro atoms. The number of pyridine rings is 1. The quantitative estimate of drug-likeness (QED) is 0.844. The van der Waals surface area contributed by atoms with Gasteiger partial charge in [0, 0.05) is 6.20 Å². The number of carboxylic acids is 1. The normalized spacial score (nSPS) is 11.2. The largest absolute Gasteiger partial charge is 0.488 e. The van der Waals surface area contributed by atoms with E-state index in [4.69, 9.17) is 9.84 Å². The number of carboxylic acid groups (broad SMARTS) is 1. The first-order valence-corrected chi connectivity index (χ1v) is 5.49. The van der Waals surface area contributed by atoms with Gasteiger partial charge >= 0.3 is 5.97 Å². The van der Waals surface area contributed by atoms with Crippen LogP contribution in [0.4, 0.5) is 0 Å². The maximum Gasteiger partial charge on any atom is 0.329 e. The Morgan fingerprint density at radius 3 is 2.71 bits per heavy atom. The molecular formula is C12H17NO4. The van der Waals surface area contributed by atoms with Crippen molar-refractivity contribution in [3.05, 3.63) is 28.7 Å². The van der Waals surface area contributed by atoms with E-state index in [1.54, 1.807) is 12.1 Å². The van der Waals surface area contributed by atoms with Gasteiger partial charge in [0.15, 0.2) is 5.75 Å². The molecule has 0 saturated carbocycles. The number of aromatic nitrogens is 1. The van der Waals surface area contributed by atoms with E-state index in [9.17, 15) is 9.59 Å². The highest BCUT2D eigenvalue weighted by Crippen LogP contribution is 2.14. The second kappa shape index (κ2) is 5.03. The molecule has 0 amide bonds. The van der Waals surface area contributed by atoms with Crippen LogP contribution in [-0.4, -0.2) is 22.2 Å². The lowest BCUT2D eigenvalue weighted by Crippen LogP contribution is -2.42. The van der Waals surface area contributed by atoms with Crippen LogP contribution >= 0.6 is 0 Å². The molecule has 0 aliphatic heterocycles. The first-order chi connectivity index (χ1) is 7.91. The number of rotatable bonds is 5. The van der Waals surface area contributed by atoms with Gasteiger partial charge in [0.2, 0.25) is 0 Å². The van der Waals surface area contributed by atoms with E-state index in [1.807, 2.05) is 6.92 Å². The molecule has 94 valence electrons. The van der Waals surface area contributed by atoms with E-state index in [0.717, 1.165) is 6.42 Å². The molecule has 0 atom stereocenters. The second-order valence-electron chi connectivity index (χ2n) is 4.26. The van der Waals surface area contributed by atoms with Crippen LogP contribution in [0.2, 0.25) is 0 Å². The Kier molecular flexibility index (Phi) is 3.93. The summed E-state index contributed by atoms with van der Waals surface area (Å²) in [6.45, 7) is 5.32. The fourth-order valence-electron chi connectivity index (χ4n) is 1.34. The van der Waals surface area contributed by atoms with Crippen molar-refractivity contribution in [2.45, 2.75) is 32.7 Å². The minimum atomic E-state index is -1.29. The highest BCUT2D eigenvalue weighted by molar-refractivity contribution is 5.75. The van der Waals surface area contributed by atoms with Crippen LogP contribution < -0.4 is 10.3 Å². The minimum absolute atomic E-state index is 0.184. The molecule has 0 bridgehead atoms. The van der Waals surface area contributed by atoms with Gasteiger partial charge in [-0.05, 0) is 32.4 Å². The van der Waals surface area contributed by atoms with Crippen LogP contribution in [0, 0.1) is 0 Å². The molecule has 0 saturated heterocycles. The topological polar surface area (TPSA) is 68.5 Å². The summed E-state index contributed by atoms with van der Waals surface area (Å²) in [7, 11) is 0. The fourth-order valence-corrected chi connectivity index (χ4v) is 1.34. The van der Waals surface area contributed by atoms with Crippen molar-refractivity contribution in [3.8, 4) is 5.75 Å². The molecule has 1 heterocycles. The highest BCUT2D eigenvalue weighted by Gasteiger charge is 2.30. The number of hydrogen-bond acceptors (Lipinski definition) is 3. The third kappa shape index (κ3) is 2.67. The van der Waals surface area contributed by atoms with E-state index < -0.39 is 17.1 Å². The number of carbonyl (C=O) groups is 1. The summed E-state index contributed by atoms with van der Waals surface area (Å²) in [5.41, 5.74) is -1.71. The minimum Gasteiger partial charge on any atom is -0.488 e. The summed E-state index contributed by atoms with van der Waals surface area (Å²) >= 11 is 0. The van der Waals surface area contributed by atoms with E-state index in [2.05, 4.69) is 0 Å². The average Bonchev–Trinajstić information content (AvgIpc) is 2.27. The van der Waals surface area contributed by atoms with E-state index in [1.165, 1.54) is 24.6 Å². The Labute approximate surface area is 99.6 Å². The molecule has 5 nitrogen and oxygen atoms in total. The summed E-state index contributed by atoms with van der Waals surface area (Å²) in [4.78, 5) is 23.1. The standard InChI is InChI=1S/C12H17NO4/c1-4-8-17-9-6-5-7-13(10(9)14)12(2,3)11(15)16/h5-7H,4,8H2,1-3H3,(H,15,16). The zero-order valence-corrected chi connectivity index (χ0v) is 10.3. The lowest BCUT2D eigenvalue weighted by molar-refractivity contribution is -0.145. The summed E-state index contributed by atoms with van der Waals surface area (Å²) < 4.78 is 6.44. The zero-order chi connectivity index (χ0) is 13.1. The van der Waals surface area contributed by atoms with Crippen LogP contribution in [0.25, 0.3) is 0 Å². The van der Waals surface area contributed by atoms with Crippen LogP contribution in [0.15, 0.2) is 23.1 Å². The van der Waals surface area contributed by atoms with Crippen LogP contribution in [0.3, 0.4) is 0 Å². The first-order valence-electron chi connectivity index (χ1n) is 5.49. The van der Waals surface area contributed by atoms with Crippen LogP contribution in [0.5, 0.6) is 5.75 Å². The maximum atomic E-state index is 12.0. The van der Waals surface area contributed by atoms with E-state index >= 15 is 0 Å². The molecule has 17 heavy (non-hydrogen) atoms. The van der Waals surface area contributed by atoms with Gasteiger partial charge in [-0.1, -0.05) is 6.92 Å². The maximum absolute atomic E-state index is 12.0. The van der Waals surface area contributed by atoms with Crippen LogP contribution in [-0.2, 0) is 10.3 Å². The molecule has 5 heteroatoms. The van der Waals surface area contributed by atoms with Crippen molar-refractivity contribution in [1.82, 2.24) is 4.57 Å². The SMILES string of the molecule is CCCOc1cccn(C(C)(C)C(=O)O)c1=O. The third-order valence-corrected chi connectivity index (χ3v) is 2.50. The summed E-state index contributed by atoms with van der Waals surface area (Å²) in [5.74, 6) is -0.879. The monoisotopic (exact) mass is 239 g/mol. The molecule has 1 aromatic rings. The van der Waals surface area contributed by atoms with Crippen molar-refractivity contribution in [2.75, 3.05) is 6.61 Å². The Morgan fingerprint density at radius 1 is 1.53 bits per heavy atom. The lowest BCUT2D eigenvalue weighted by atomic mass is 10.1. The number of aliphatic carboxylic acids is 1. The van der Waals surface area contributed by atoms with Crippen molar-refractivity contribution >= 4 is 5.97 Å². The second-order valence-corrected chi connectivity index (χ2v) is 4.26. The number of hydrogen-bond donors (Lipinski definition) is 1. The highest BCUT2D eigenvalue weighted by atomic mass is 16.5. The molecule has 0 aliphatic rings. The van der Waals surface area contributed by atoms with Gasteiger partial charge in [-0.2, -0.15) is 0 Å². The summed E-state index contributed by atoms with van der Waals surface area (Å²) in [6, 6.07) is 3.16. The Balaban J connectivity index is 3.19. The van der Waals surface area contributed by atoms with Crippen molar-refractivity contribution in [2.24, 2.45) is 0 Å². The van der Waals surface area contributed by atoms with Gasteiger partial charge in [0.25, 0.3) is 5.56 Å². The van der Waals surface area contributed by atoms with Crippen molar-refractivity contribution < 1.29 is 14.6 Å². The lowest BCUT2D eigenvalue weighted by Gasteiger charge is -2.22. The van der Waals surface area contributed by atoms with Gasteiger partial charge in [-0.15, -0.1) is 0 Å². The Morgan fingerprint density at radius 2 is 2.18 bits per heavy atom. The molecular weight excluding hydrogens is 222 g/mol. The van der Waals surface area contributed by atoms with Gasteiger partial charge < -0.3 is 9.84 Å². The van der Waals surface area contributed by atoms with Gasteiger partial charge in [-0.3, -0.25) is 9.36 Å². The molecule has 1 rings (SSSR count). The molecule has 0 fully saturated rings. The molecule has 0 radical (unpaired) electrons. The number of nitrogens with zero attached hydrogens (tertiary/aromatic N) is 1. The zero-order valence-electron chi connectivity index (χ0n) is 10.3. The molecule has 0 aromatic carbocycles. The van der Waals surface area contributed by atoms with Crippen molar-refractivity contribution in [3.63, 3.8) is 0 Å². The van der Waals surface area contributed by atoms with Gasteiger partial charge in [0.1, 0.15) is 5.54 Å². The van der Waals surface area contributed by atoms with Gasteiger partial charge in [-0.25, -0.2) is 4.79 Å². The van der Waals surface area contributed by atoms with E-state index in [0.29, 0.717) is 6.61 Å². The predicted molar refractivity (Wildman–Crippen MR) is 63.4 cm³/mol. The van der Waals surface area contributed by atoms with Gasteiger partial charge in [0.05, 0.1) is 6.61 Å².